The van der Waals surface area contributed by atoms with Gasteiger partial charge < -0.3 is 10.2 Å². The number of likely N-dealkylation sites (tertiary alicyclic amines) is 1. The van der Waals surface area contributed by atoms with Crippen LogP contribution in [0.2, 0.25) is 0 Å². The maximum absolute atomic E-state index is 3.67. The van der Waals surface area contributed by atoms with Gasteiger partial charge in [0.25, 0.3) is 0 Å². The van der Waals surface area contributed by atoms with Crippen LogP contribution in [0.3, 0.4) is 0 Å². The van der Waals surface area contributed by atoms with Crippen LogP contribution in [0.1, 0.15) is 36.0 Å². The summed E-state index contributed by atoms with van der Waals surface area (Å²) in [4.78, 5) is 4.85. The lowest BCUT2D eigenvalue weighted by atomic mass is 9.91. The van der Waals surface area contributed by atoms with E-state index in [2.05, 4.69) is 59.6 Å². The molecule has 23 heavy (non-hydrogen) atoms. The third kappa shape index (κ3) is 4.66. The van der Waals surface area contributed by atoms with Crippen LogP contribution in [0.4, 0.5) is 0 Å². The molecule has 1 saturated heterocycles. The average molecular weight is 313 g/mol. The number of nitrogens with zero attached hydrogens (tertiary/aromatic N) is 2. The predicted octanol–water partition coefficient (Wildman–Crippen LogP) is 2.76. The maximum Gasteiger partial charge on any atom is 0.0238 e. The molecule has 1 atom stereocenters. The molecule has 2 heterocycles. The summed E-state index contributed by atoms with van der Waals surface area (Å²) >= 11 is 0. The van der Waals surface area contributed by atoms with Crippen molar-refractivity contribution in [2.24, 2.45) is 0 Å². The Hall–Kier alpha value is -1.16. The summed E-state index contributed by atoms with van der Waals surface area (Å²) < 4.78 is 0. The molecule has 3 heteroatoms. The zero-order chi connectivity index (χ0) is 16.1. The van der Waals surface area contributed by atoms with Gasteiger partial charge in [-0.05, 0) is 63.1 Å². The standard InChI is InChI=1S/C20H31N3/c1-22(2)16-19-14-20-17(8-6-9-18(20)15-21-19)10-7-13-23-11-4-3-5-12-23/h6-10,19,21H,3-5,11-16H2,1-2H3/b10-7+. The number of hydrogen-bond donors (Lipinski definition) is 1. The van der Waals surface area contributed by atoms with Gasteiger partial charge in [0, 0.05) is 25.7 Å². The number of fused-ring (bicyclic) bond motifs is 1. The number of benzene rings is 1. The first-order valence-corrected chi connectivity index (χ1v) is 9.10. The van der Waals surface area contributed by atoms with Crippen molar-refractivity contribution < 1.29 is 0 Å². The Morgan fingerprint density at radius 1 is 1.22 bits per heavy atom. The predicted molar refractivity (Wildman–Crippen MR) is 98.7 cm³/mol. The average Bonchev–Trinajstić information content (AvgIpc) is 2.56. The first kappa shape index (κ1) is 16.7. The minimum atomic E-state index is 0.564. The molecule has 0 aromatic heterocycles. The van der Waals surface area contributed by atoms with E-state index in [4.69, 9.17) is 0 Å². The van der Waals surface area contributed by atoms with Gasteiger partial charge in [0.15, 0.2) is 0 Å². The lowest BCUT2D eigenvalue weighted by Gasteiger charge is -2.29. The SMILES string of the molecule is CN(C)CC1Cc2c(/C=C/CN3CCCCC3)cccc2CN1. The molecule has 1 aromatic rings. The Kier molecular flexibility index (Phi) is 5.87. The van der Waals surface area contributed by atoms with Crippen LogP contribution < -0.4 is 5.32 Å². The van der Waals surface area contributed by atoms with E-state index in [9.17, 15) is 0 Å². The Labute approximate surface area is 141 Å². The molecule has 1 N–H and O–H groups in total. The van der Waals surface area contributed by atoms with Crippen molar-refractivity contribution >= 4 is 6.08 Å². The van der Waals surface area contributed by atoms with Crippen LogP contribution in [0.15, 0.2) is 24.3 Å². The van der Waals surface area contributed by atoms with Crippen molar-refractivity contribution in [3.05, 3.63) is 41.0 Å². The fourth-order valence-electron chi connectivity index (χ4n) is 3.84. The highest BCUT2D eigenvalue weighted by atomic mass is 15.1. The number of hydrogen-bond acceptors (Lipinski definition) is 3. The highest BCUT2D eigenvalue weighted by molar-refractivity contribution is 5.57. The van der Waals surface area contributed by atoms with E-state index in [0.29, 0.717) is 6.04 Å². The van der Waals surface area contributed by atoms with Crippen LogP contribution in [0, 0.1) is 0 Å². The highest BCUT2D eigenvalue weighted by Gasteiger charge is 2.20. The quantitative estimate of drug-likeness (QED) is 0.902. The summed E-state index contributed by atoms with van der Waals surface area (Å²) in [7, 11) is 4.31. The normalized spacial score (nSPS) is 22.7. The monoisotopic (exact) mass is 313 g/mol. The number of piperidine rings is 1. The maximum atomic E-state index is 3.67. The summed E-state index contributed by atoms with van der Waals surface area (Å²) in [6.45, 7) is 5.74. The van der Waals surface area contributed by atoms with Gasteiger partial charge in [-0.1, -0.05) is 36.8 Å². The summed E-state index contributed by atoms with van der Waals surface area (Å²) in [6.07, 6.45) is 10.00. The zero-order valence-corrected chi connectivity index (χ0v) is 14.7. The Bertz CT molecular complexity index is 530. The van der Waals surface area contributed by atoms with Gasteiger partial charge in [0.1, 0.15) is 0 Å². The molecular formula is C20H31N3. The van der Waals surface area contributed by atoms with Crippen LogP contribution in [-0.2, 0) is 13.0 Å². The lowest BCUT2D eigenvalue weighted by molar-refractivity contribution is 0.252. The lowest BCUT2D eigenvalue weighted by Crippen LogP contribution is -2.42. The van der Waals surface area contributed by atoms with Gasteiger partial charge in [0.2, 0.25) is 0 Å². The fourth-order valence-corrected chi connectivity index (χ4v) is 3.84. The van der Waals surface area contributed by atoms with E-state index in [0.717, 1.165) is 26.1 Å². The highest BCUT2D eigenvalue weighted by Crippen LogP contribution is 2.22. The fraction of sp³-hybridized carbons (Fsp3) is 0.600. The van der Waals surface area contributed by atoms with Gasteiger partial charge in [-0.25, -0.2) is 0 Å². The molecule has 126 valence electrons. The molecule has 0 bridgehead atoms. The van der Waals surface area contributed by atoms with Crippen molar-refractivity contribution in [3.8, 4) is 0 Å². The summed E-state index contributed by atoms with van der Waals surface area (Å²) in [5, 5.41) is 3.67. The zero-order valence-electron chi connectivity index (χ0n) is 14.7. The molecule has 3 rings (SSSR count). The second-order valence-electron chi connectivity index (χ2n) is 7.29. The Morgan fingerprint density at radius 3 is 2.83 bits per heavy atom. The summed E-state index contributed by atoms with van der Waals surface area (Å²) in [5.41, 5.74) is 4.44. The summed E-state index contributed by atoms with van der Waals surface area (Å²) in [6, 6.07) is 7.32. The second kappa shape index (κ2) is 8.09. The van der Waals surface area contributed by atoms with Crippen LogP contribution in [0.5, 0.6) is 0 Å². The van der Waals surface area contributed by atoms with Gasteiger partial charge in [0.05, 0.1) is 0 Å². The molecule has 0 spiro atoms. The van der Waals surface area contributed by atoms with E-state index < -0.39 is 0 Å². The van der Waals surface area contributed by atoms with Crippen molar-refractivity contribution in [2.45, 2.75) is 38.3 Å². The molecule has 3 nitrogen and oxygen atoms in total. The molecule has 0 amide bonds. The van der Waals surface area contributed by atoms with E-state index >= 15 is 0 Å². The molecule has 0 aliphatic carbocycles. The summed E-state index contributed by atoms with van der Waals surface area (Å²) in [5.74, 6) is 0. The molecule has 0 radical (unpaired) electrons. The van der Waals surface area contributed by atoms with Gasteiger partial charge >= 0.3 is 0 Å². The third-order valence-electron chi connectivity index (χ3n) is 5.04. The van der Waals surface area contributed by atoms with Crippen LogP contribution in [0.25, 0.3) is 6.08 Å². The second-order valence-corrected chi connectivity index (χ2v) is 7.29. The van der Waals surface area contributed by atoms with Crippen LogP contribution in [-0.4, -0.2) is 56.1 Å². The topological polar surface area (TPSA) is 18.5 Å². The number of nitrogens with one attached hydrogen (secondary N) is 1. The van der Waals surface area contributed by atoms with E-state index in [1.54, 1.807) is 5.56 Å². The van der Waals surface area contributed by atoms with Gasteiger partial charge in [-0.15, -0.1) is 0 Å². The van der Waals surface area contributed by atoms with E-state index in [-0.39, 0.29) is 0 Å². The first-order chi connectivity index (χ1) is 11.2. The minimum absolute atomic E-state index is 0.564. The molecule has 2 aliphatic heterocycles. The van der Waals surface area contributed by atoms with Gasteiger partial charge in [-0.2, -0.15) is 0 Å². The molecule has 0 saturated carbocycles. The first-order valence-electron chi connectivity index (χ1n) is 9.10. The van der Waals surface area contributed by atoms with Gasteiger partial charge in [-0.3, -0.25) is 4.90 Å². The number of likely N-dealkylation sites (N-methyl/N-ethyl adjacent to an activating group) is 1. The third-order valence-corrected chi connectivity index (χ3v) is 5.04. The molecule has 1 aromatic carbocycles. The van der Waals surface area contributed by atoms with Crippen molar-refractivity contribution in [1.29, 1.82) is 0 Å². The van der Waals surface area contributed by atoms with E-state index in [1.165, 1.54) is 43.5 Å². The largest absolute Gasteiger partial charge is 0.308 e. The van der Waals surface area contributed by atoms with Crippen molar-refractivity contribution in [2.75, 3.05) is 40.3 Å². The Balaban J connectivity index is 1.66. The van der Waals surface area contributed by atoms with Crippen molar-refractivity contribution in [3.63, 3.8) is 0 Å². The minimum Gasteiger partial charge on any atom is -0.308 e. The van der Waals surface area contributed by atoms with Crippen LogP contribution >= 0.6 is 0 Å². The molecule has 1 unspecified atom stereocenters. The van der Waals surface area contributed by atoms with Crippen molar-refractivity contribution in [1.82, 2.24) is 15.1 Å². The molecule has 2 aliphatic rings. The van der Waals surface area contributed by atoms with E-state index in [1.807, 2.05) is 0 Å². The number of rotatable bonds is 5. The molecular weight excluding hydrogens is 282 g/mol. The molecule has 1 fully saturated rings. The Morgan fingerprint density at radius 2 is 2.04 bits per heavy atom. The smallest absolute Gasteiger partial charge is 0.0238 e.